The van der Waals surface area contributed by atoms with Crippen LogP contribution < -0.4 is 5.32 Å². The molecule has 1 aromatic carbocycles. The molecule has 1 aromatic rings. The van der Waals surface area contributed by atoms with Gasteiger partial charge in [-0.3, -0.25) is 14.5 Å². The monoisotopic (exact) mass is 357 g/mol. The van der Waals surface area contributed by atoms with Gasteiger partial charge < -0.3 is 10.2 Å². The average molecular weight is 357 g/mol. The van der Waals surface area contributed by atoms with Crippen molar-refractivity contribution in [2.24, 2.45) is 5.92 Å². The van der Waals surface area contributed by atoms with E-state index >= 15 is 0 Å². The Morgan fingerprint density at radius 2 is 1.73 bits per heavy atom. The smallest absolute Gasteiger partial charge is 0.234 e. The summed E-state index contributed by atoms with van der Waals surface area (Å²) in [5.74, 6) is 0.557. The van der Waals surface area contributed by atoms with Crippen molar-refractivity contribution in [3.63, 3.8) is 0 Å². The van der Waals surface area contributed by atoms with Crippen LogP contribution in [0.15, 0.2) is 24.3 Å². The molecule has 2 aliphatic rings. The molecular formula is C21H31N3O2. The van der Waals surface area contributed by atoms with Gasteiger partial charge in [-0.15, -0.1) is 0 Å². The van der Waals surface area contributed by atoms with Crippen LogP contribution in [0, 0.1) is 12.8 Å². The van der Waals surface area contributed by atoms with E-state index in [9.17, 15) is 9.59 Å². The summed E-state index contributed by atoms with van der Waals surface area (Å²) in [7, 11) is 0. The maximum absolute atomic E-state index is 12.6. The zero-order chi connectivity index (χ0) is 18.4. The molecule has 0 bridgehead atoms. The van der Waals surface area contributed by atoms with Crippen LogP contribution in [-0.4, -0.2) is 54.3 Å². The van der Waals surface area contributed by atoms with Gasteiger partial charge in [-0.1, -0.05) is 24.3 Å². The van der Waals surface area contributed by atoms with Gasteiger partial charge in [-0.05, 0) is 63.2 Å². The molecule has 0 aliphatic carbocycles. The first-order valence-corrected chi connectivity index (χ1v) is 9.96. The number of likely N-dealkylation sites (tertiary alicyclic amines) is 2. The summed E-state index contributed by atoms with van der Waals surface area (Å²) < 4.78 is 0. The highest BCUT2D eigenvalue weighted by Crippen LogP contribution is 2.21. The zero-order valence-corrected chi connectivity index (χ0v) is 15.9. The first kappa shape index (κ1) is 18.9. The van der Waals surface area contributed by atoms with Crippen molar-refractivity contribution in [2.75, 3.05) is 32.7 Å². The van der Waals surface area contributed by atoms with Crippen LogP contribution in [0.2, 0.25) is 0 Å². The molecule has 2 saturated heterocycles. The van der Waals surface area contributed by atoms with Gasteiger partial charge in [-0.2, -0.15) is 0 Å². The number of benzene rings is 1. The Labute approximate surface area is 156 Å². The summed E-state index contributed by atoms with van der Waals surface area (Å²) in [6, 6.07) is 8.12. The lowest BCUT2D eigenvalue weighted by molar-refractivity contribution is -0.138. The topological polar surface area (TPSA) is 52.7 Å². The Morgan fingerprint density at radius 3 is 2.42 bits per heavy atom. The van der Waals surface area contributed by atoms with E-state index in [-0.39, 0.29) is 11.8 Å². The molecule has 0 spiro atoms. The number of hydrogen-bond acceptors (Lipinski definition) is 3. The predicted molar refractivity (Wildman–Crippen MR) is 103 cm³/mol. The van der Waals surface area contributed by atoms with Gasteiger partial charge in [0.1, 0.15) is 0 Å². The highest BCUT2D eigenvalue weighted by Gasteiger charge is 2.29. The van der Waals surface area contributed by atoms with Crippen LogP contribution >= 0.6 is 0 Å². The molecule has 2 amide bonds. The highest BCUT2D eigenvalue weighted by atomic mass is 16.2. The molecule has 0 unspecified atom stereocenters. The Kier molecular flexibility index (Phi) is 6.67. The maximum Gasteiger partial charge on any atom is 0.234 e. The second-order valence-corrected chi connectivity index (χ2v) is 7.64. The van der Waals surface area contributed by atoms with Gasteiger partial charge in [0.25, 0.3) is 0 Å². The van der Waals surface area contributed by atoms with E-state index in [4.69, 9.17) is 0 Å². The lowest BCUT2D eigenvalue weighted by Gasteiger charge is -2.35. The molecule has 3 rings (SSSR count). The second kappa shape index (κ2) is 9.17. The van der Waals surface area contributed by atoms with E-state index in [0.29, 0.717) is 19.0 Å². The SMILES string of the molecule is Cc1ccccc1CNC(=O)CN1CCC(C(=O)N2CCCCC2)CC1. The number of piperidine rings is 2. The van der Waals surface area contributed by atoms with Gasteiger partial charge >= 0.3 is 0 Å². The zero-order valence-electron chi connectivity index (χ0n) is 15.9. The van der Waals surface area contributed by atoms with Crippen molar-refractivity contribution in [1.29, 1.82) is 0 Å². The number of rotatable bonds is 5. The number of carbonyl (C=O) groups excluding carboxylic acids is 2. The standard InChI is InChI=1S/C21H31N3O2/c1-17-7-3-4-8-19(17)15-22-20(25)16-23-13-9-18(10-14-23)21(26)24-11-5-2-6-12-24/h3-4,7-8,18H,2,5-6,9-16H2,1H3,(H,22,25). The van der Waals surface area contributed by atoms with Crippen LogP contribution in [-0.2, 0) is 16.1 Å². The molecule has 2 fully saturated rings. The molecule has 1 N–H and O–H groups in total. The summed E-state index contributed by atoms with van der Waals surface area (Å²) >= 11 is 0. The average Bonchev–Trinajstić information content (AvgIpc) is 2.68. The first-order valence-electron chi connectivity index (χ1n) is 9.96. The Balaban J connectivity index is 1.38. The van der Waals surface area contributed by atoms with Crippen molar-refractivity contribution in [2.45, 2.75) is 45.6 Å². The molecule has 142 valence electrons. The van der Waals surface area contributed by atoms with Crippen molar-refractivity contribution >= 4 is 11.8 Å². The summed E-state index contributed by atoms with van der Waals surface area (Å²) in [6.07, 6.45) is 5.29. The van der Waals surface area contributed by atoms with Crippen molar-refractivity contribution < 1.29 is 9.59 Å². The Hall–Kier alpha value is -1.88. The Morgan fingerprint density at radius 1 is 1.04 bits per heavy atom. The van der Waals surface area contributed by atoms with E-state index in [0.717, 1.165) is 57.4 Å². The fourth-order valence-electron chi connectivity index (χ4n) is 3.97. The summed E-state index contributed by atoms with van der Waals surface area (Å²) in [5, 5.41) is 3.02. The summed E-state index contributed by atoms with van der Waals surface area (Å²) in [5.41, 5.74) is 2.36. The number of aryl methyl sites for hydroxylation is 1. The molecule has 0 saturated carbocycles. The minimum atomic E-state index is 0.0639. The highest BCUT2D eigenvalue weighted by molar-refractivity contribution is 5.79. The third-order valence-corrected chi connectivity index (χ3v) is 5.71. The molecule has 0 atom stereocenters. The lowest BCUT2D eigenvalue weighted by atomic mass is 9.94. The largest absolute Gasteiger partial charge is 0.351 e. The molecule has 2 aliphatic heterocycles. The maximum atomic E-state index is 12.6. The summed E-state index contributed by atoms with van der Waals surface area (Å²) in [4.78, 5) is 29.1. The normalized spacial score (nSPS) is 19.3. The van der Waals surface area contributed by atoms with E-state index in [1.807, 2.05) is 18.2 Å². The predicted octanol–water partition coefficient (Wildman–Crippen LogP) is 2.34. The fraction of sp³-hybridized carbons (Fsp3) is 0.619. The van der Waals surface area contributed by atoms with Crippen LogP contribution in [0.25, 0.3) is 0 Å². The van der Waals surface area contributed by atoms with E-state index < -0.39 is 0 Å². The van der Waals surface area contributed by atoms with E-state index in [1.165, 1.54) is 12.0 Å². The summed E-state index contributed by atoms with van der Waals surface area (Å²) in [6.45, 7) is 6.60. The number of carbonyl (C=O) groups is 2. The molecule has 2 heterocycles. The minimum Gasteiger partial charge on any atom is -0.351 e. The van der Waals surface area contributed by atoms with E-state index in [2.05, 4.69) is 28.1 Å². The van der Waals surface area contributed by atoms with Crippen LogP contribution in [0.3, 0.4) is 0 Å². The van der Waals surface area contributed by atoms with Crippen molar-refractivity contribution in [3.05, 3.63) is 35.4 Å². The number of nitrogens with one attached hydrogen (secondary N) is 1. The molecular weight excluding hydrogens is 326 g/mol. The molecule has 5 nitrogen and oxygen atoms in total. The lowest BCUT2D eigenvalue weighted by Crippen LogP contribution is -2.46. The van der Waals surface area contributed by atoms with Gasteiger partial charge in [0.05, 0.1) is 6.54 Å². The minimum absolute atomic E-state index is 0.0639. The molecule has 0 radical (unpaired) electrons. The van der Waals surface area contributed by atoms with Crippen molar-refractivity contribution in [3.8, 4) is 0 Å². The van der Waals surface area contributed by atoms with E-state index in [1.54, 1.807) is 0 Å². The van der Waals surface area contributed by atoms with Crippen LogP contribution in [0.4, 0.5) is 0 Å². The van der Waals surface area contributed by atoms with Crippen LogP contribution in [0.1, 0.15) is 43.2 Å². The number of amides is 2. The van der Waals surface area contributed by atoms with Gasteiger partial charge in [0.15, 0.2) is 0 Å². The quantitative estimate of drug-likeness (QED) is 0.880. The molecule has 5 heteroatoms. The second-order valence-electron chi connectivity index (χ2n) is 7.64. The number of nitrogens with zero attached hydrogens (tertiary/aromatic N) is 2. The van der Waals surface area contributed by atoms with Crippen molar-refractivity contribution in [1.82, 2.24) is 15.1 Å². The molecule has 0 aromatic heterocycles. The molecule has 26 heavy (non-hydrogen) atoms. The third-order valence-electron chi connectivity index (χ3n) is 5.71. The van der Waals surface area contributed by atoms with Gasteiger partial charge in [0.2, 0.25) is 11.8 Å². The van der Waals surface area contributed by atoms with Gasteiger partial charge in [0, 0.05) is 25.6 Å². The van der Waals surface area contributed by atoms with Gasteiger partial charge in [-0.25, -0.2) is 0 Å². The van der Waals surface area contributed by atoms with Crippen LogP contribution in [0.5, 0.6) is 0 Å². The number of hydrogen-bond donors (Lipinski definition) is 1. The third kappa shape index (κ3) is 5.07. The Bertz CT molecular complexity index is 617. The first-order chi connectivity index (χ1) is 12.6. The fourth-order valence-corrected chi connectivity index (χ4v) is 3.97.